The van der Waals surface area contributed by atoms with Gasteiger partial charge in [0.25, 0.3) is 0 Å². The van der Waals surface area contributed by atoms with E-state index in [1.54, 1.807) is 20.8 Å². The van der Waals surface area contributed by atoms with Crippen molar-refractivity contribution < 1.29 is 28.7 Å². The fourth-order valence-electron chi connectivity index (χ4n) is 1.49. The molecule has 0 radical (unpaired) electrons. The van der Waals surface area contributed by atoms with Gasteiger partial charge in [0.05, 0.1) is 7.11 Å². The third kappa shape index (κ3) is 3.94. The summed E-state index contributed by atoms with van der Waals surface area (Å²) in [5, 5.41) is 3.76. The molecule has 2 N–H and O–H groups in total. The maximum Gasteiger partial charge on any atom is 0.415 e. The number of urea groups is 1. The minimum atomic E-state index is -1.31. The smallest absolute Gasteiger partial charge is 0.415 e. The summed E-state index contributed by atoms with van der Waals surface area (Å²) in [5.74, 6) is -1.48. The molecule has 4 amide bonds. The van der Waals surface area contributed by atoms with E-state index in [0.29, 0.717) is 12.8 Å². The fraction of sp³-hybridized carbons (Fsp3) is 0.667. The molecule has 0 saturated heterocycles. The molecule has 1 saturated carbocycles. The molecule has 0 aromatic carbocycles. The van der Waals surface area contributed by atoms with E-state index >= 15 is 0 Å². The average Bonchev–Trinajstić information content (AvgIpc) is 3.05. The van der Waals surface area contributed by atoms with Crippen molar-refractivity contribution in [1.29, 1.82) is 0 Å². The lowest BCUT2D eigenvalue weighted by Gasteiger charge is -2.19. The van der Waals surface area contributed by atoms with Crippen molar-refractivity contribution in [2.45, 2.75) is 39.2 Å². The molecule has 0 heterocycles. The van der Waals surface area contributed by atoms with Crippen LogP contribution in [0.2, 0.25) is 0 Å². The number of hydrogen-bond donors (Lipinski definition) is 2. The van der Waals surface area contributed by atoms with Gasteiger partial charge in [0.2, 0.25) is 5.91 Å². The van der Waals surface area contributed by atoms with Crippen molar-refractivity contribution in [3.8, 4) is 0 Å². The zero-order valence-corrected chi connectivity index (χ0v) is 11.9. The number of amides is 4. The van der Waals surface area contributed by atoms with Crippen LogP contribution in [0.5, 0.6) is 0 Å². The van der Waals surface area contributed by atoms with Gasteiger partial charge in [-0.15, -0.1) is 0 Å². The minimum absolute atomic E-state index is 0.311. The highest BCUT2D eigenvalue weighted by Crippen LogP contribution is 2.46. The molecule has 0 aliphatic heterocycles. The Morgan fingerprint density at radius 3 is 2.00 bits per heavy atom. The van der Waals surface area contributed by atoms with Crippen molar-refractivity contribution in [2.24, 2.45) is 5.41 Å². The monoisotopic (exact) mass is 286 g/mol. The normalized spacial score (nSPS) is 15.8. The number of nitrogens with one attached hydrogen (secondary N) is 2. The molecular weight excluding hydrogens is 268 g/mol. The van der Waals surface area contributed by atoms with E-state index in [9.17, 15) is 19.2 Å². The Kier molecular flexibility index (Phi) is 4.36. The van der Waals surface area contributed by atoms with Crippen LogP contribution in [0, 0.1) is 5.41 Å². The maximum atomic E-state index is 11.8. The molecule has 0 aromatic heterocycles. The first-order valence-electron chi connectivity index (χ1n) is 6.04. The average molecular weight is 286 g/mol. The first-order valence-corrected chi connectivity index (χ1v) is 6.04. The lowest BCUT2D eigenvalue weighted by atomic mass is 10.1. The topological polar surface area (TPSA) is 111 Å². The summed E-state index contributed by atoms with van der Waals surface area (Å²) in [6, 6.07) is -1.04. The van der Waals surface area contributed by atoms with Gasteiger partial charge in [0.15, 0.2) is 0 Å². The number of alkyl carbamates (subject to hydrolysis) is 1. The summed E-state index contributed by atoms with van der Waals surface area (Å²) >= 11 is 0. The van der Waals surface area contributed by atoms with Crippen molar-refractivity contribution in [2.75, 3.05) is 7.11 Å². The van der Waals surface area contributed by atoms with Crippen molar-refractivity contribution in [3.63, 3.8) is 0 Å². The third-order valence-electron chi connectivity index (χ3n) is 2.60. The van der Waals surface area contributed by atoms with Crippen LogP contribution in [0.4, 0.5) is 9.59 Å². The predicted octanol–water partition coefficient (Wildman–Crippen LogP) is 0.700. The zero-order valence-electron chi connectivity index (χ0n) is 11.9. The number of rotatable bonds is 2. The van der Waals surface area contributed by atoms with E-state index in [0.717, 1.165) is 7.11 Å². The number of hydrogen-bond acceptors (Lipinski definition) is 6. The Morgan fingerprint density at radius 2 is 1.60 bits per heavy atom. The first-order chi connectivity index (χ1) is 9.10. The fourth-order valence-corrected chi connectivity index (χ4v) is 1.49. The highest BCUT2D eigenvalue weighted by Gasteiger charge is 2.58. The predicted molar refractivity (Wildman–Crippen MR) is 66.6 cm³/mol. The van der Waals surface area contributed by atoms with Gasteiger partial charge in [-0.2, -0.15) is 0 Å². The first kappa shape index (κ1) is 15.9. The van der Waals surface area contributed by atoms with Gasteiger partial charge in [-0.05, 0) is 33.6 Å². The number of carbonyl (C=O) groups excluding carboxylic acids is 4. The van der Waals surface area contributed by atoms with Crippen LogP contribution in [0.15, 0.2) is 0 Å². The molecule has 20 heavy (non-hydrogen) atoms. The second-order valence-corrected chi connectivity index (χ2v) is 5.48. The summed E-state index contributed by atoms with van der Waals surface area (Å²) in [6.45, 7) is 4.89. The van der Waals surface area contributed by atoms with E-state index in [1.165, 1.54) is 0 Å². The van der Waals surface area contributed by atoms with Crippen LogP contribution < -0.4 is 10.6 Å². The molecular formula is C12H18N2O6. The Labute approximate surface area is 116 Å². The quantitative estimate of drug-likeness (QED) is 0.571. The maximum absolute atomic E-state index is 11.8. The van der Waals surface area contributed by atoms with Crippen LogP contribution in [-0.4, -0.2) is 36.7 Å². The molecule has 0 bridgehead atoms. The summed E-state index contributed by atoms with van der Waals surface area (Å²) in [7, 11) is 1.16. The largest absolute Gasteiger partial charge is 0.468 e. The summed E-state index contributed by atoms with van der Waals surface area (Å²) < 4.78 is 9.35. The van der Waals surface area contributed by atoms with Crippen molar-refractivity contribution in [1.82, 2.24) is 10.6 Å². The molecule has 8 nitrogen and oxygen atoms in total. The molecule has 8 heteroatoms. The lowest BCUT2D eigenvalue weighted by molar-refractivity contribution is -0.151. The van der Waals surface area contributed by atoms with Crippen LogP contribution in [0.3, 0.4) is 0 Å². The Hall–Kier alpha value is -2.12. The minimum Gasteiger partial charge on any atom is -0.468 e. The van der Waals surface area contributed by atoms with E-state index in [4.69, 9.17) is 4.74 Å². The van der Waals surface area contributed by atoms with E-state index in [1.807, 2.05) is 10.6 Å². The van der Waals surface area contributed by atoms with Gasteiger partial charge in [0, 0.05) is 0 Å². The van der Waals surface area contributed by atoms with Gasteiger partial charge in [-0.3, -0.25) is 14.9 Å². The molecule has 0 spiro atoms. The van der Waals surface area contributed by atoms with Crippen LogP contribution in [0.25, 0.3) is 0 Å². The van der Waals surface area contributed by atoms with Gasteiger partial charge in [-0.25, -0.2) is 14.9 Å². The van der Waals surface area contributed by atoms with E-state index in [-0.39, 0.29) is 0 Å². The highest BCUT2D eigenvalue weighted by atomic mass is 16.6. The van der Waals surface area contributed by atoms with Gasteiger partial charge >= 0.3 is 18.1 Å². The van der Waals surface area contributed by atoms with Crippen molar-refractivity contribution >= 4 is 24.0 Å². The standard InChI is InChI=1S/C12H18N2O6/c1-11(2,3)20-10(18)14-9(17)13-7(15)12(5-6-12)8(16)19-4/h5-6H2,1-4H3,(H2,13,14,15,17,18). The zero-order chi connectivity index (χ0) is 15.6. The molecule has 1 aliphatic carbocycles. The van der Waals surface area contributed by atoms with Crippen molar-refractivity contribution in [3.05, 3.63) is 0 Å². The molecule has 1 fully saturated rings. The SMILES string of the molecule is COC(=O)C1(C(=O)NC(=O)NC(=O)OC(C)(C)C)CC1. The molecule has 0 unspecified atom stereocenters. The Balaban J connectivity index is 2.49. The second kappa shape index (κ2) is 5.48. The molecule has 1 aliphatic rings. The highest BCUT2D eigenvalue weighted by molar-refractivity contribution is 6.11. The van der Waals surface area contributed by atoms with Gasteiger partial charge in [-0.1, -0.05) is 0 Å². The molecule has 1 rings (SSSR count). The van der Waals surface area contributed by atoms with E-state index in [2.05, 4.69) is 4.74 Å². The van der Waals surface area contributed by atoms with Gasteiger partial charge < -0.3 is 9.47 Å². The van der Waals surface area contributed by atoms with Crippen LogP contribution in [0.1, 0.15) is 33.6 Å². The number of carbonyl (C=O) groups is 4. The number of ether oxygens (including phenoxy) is 2. The summed E-state index contributed by atoms with van der Waals surface area (Å²) in [4.78, 5) is 46.0. The van der Waals surface area contributed by atoms with Gasteiger partial charge in [0.1, 0.15) is 11.0 Å². The molecule has 0 aromatic rings. The third-order valence-corrected chi connectivity index (χ3v) is 2.60. The summed E-state index contributed by atoms with van der Waals surface area (Å²) in [6.07, 6.45) is -0.359. The number of imide groups is 2. The lowest BCUT2D eigenvalue weighted by Crippen LogP contribution is -2.48. The molecule has 112 valence electrons. The van der Waals surface area contributed by atoms with E-state index < -0.39 is 35.0 Å². The van der Waals surface area contributed by atoms with Crippen LogP contribution >= 0.6 is 0 Å². The number of methoxy groups -OCH3 is 1. The molecule has 0 atom stereocenters. The Morgan fingerprint density at radius 1 is 1.05 bits per heavy atom. The summed E-state index contributed by atoms with van der Waals surface area (Å²) in [5.41, 5.74) is -2.07. The Bertz CT molecular complexity index is 447. The second-order valence-electron chi connectivity index (χ2n) is 5.48. The number of esters is 1. The van der Waals surface area contributed by atoms with Crippen LogP contribution in [-0.2, 0) is 19.1 Å².